The average Bonchev–Trinajstić information content (AvgIpc) is 3.41. The monoisotopic (exact) mass is 641 g/mol. The predicted molar refractivity (Wildman–Crippen MR) is 175 cm³/mol. The maximum absolute atomic E-state index is 12.7. The molecule has 230 valence electrons. The second-order valence-corrected chi connectivity index (χ2v) is 11.8. The minimum atomic E-state index is -0.638. The van der Waals surface area contributed by atoms with Gasteiger partial charge >= 0.3 is 0 Å². The Morgan fingerprint density at radius 2 is 1.58 bits per heavy atom. The molecule has 0 saturated carbocycles. The van der Waals surface area contributed by atoms with Crippen molar-refractivity contribution in [2.75, 3.05) is 0 Å². The van der Waals surface area contributed by atoms with E-state index in [-0.39, 0.29) is 35.8 Å². The SMILES string of the molecule is CC1C(Cn2cnc(Cl)c2Cl)OC(c2ccc(-c3ccccc3CNC(=O)c3ccccc3)cc2)OC1c1ccc(CO)cc1. The Morgan fingerprint density at radius 1 is 0.889 bits per heavy atom. The molecule has 1 aliphatic heterocycles. The number of nitrogens with one attached hydrogen (secondary N) is 1. The van der Waals surface area contributed by atoms with Crippen molar-refractivity contribution in [3.8, 4) is 11.1 Å². The maximum atomic E-state index is 12.7. The fourth-order valence-corrected chi connectivity index (χ4v) is 5.95. The van der Waals surface area contributed by atoms with Crippen LogP contribution in [-0.4, -0.2) is 26.7 Å². The number of amides is 1. The number of aliphatic hydroxyl groups excluding tert-OH is 1. The van der Waals surface area contributed by atoms with Gasteiger partial charge in [-0.2, -0.15) is 0 Å². The molecule has 1 amide bonds. The van der Waals surface area contributed by atoms with Gasteiger partial charge in [0.05, 0.1) is 31.7 Å². The summed E-state index contributed by atoms with van der Waals surface area (Å²) in [5, 5.41) is 13.2. The van der Waals surface area contributed by atoms with Gasteiger partial charge in [0.1, 0.15) is 5.15 Å². The molecule has 0 spiro atoms. The molecule has 0 radical (unpaired) electrons. The van der Waals surface area contributed by atoms with Crippen molar-refractivity contribution >= 4 is 29.1 Å². The highest BCUT2D eigenvalue weighted by Gasteiger charge is 2.39. The number of hydrogen-bond acceptors (Lipinski definition) is 5. The minimum absolute atomic E-state index is 0.0233. The number of benzene rings is 4. The second-order valence-electron chi connectivity index (χ2n) is 11.1. The van der Waals surface area contributed by atoms with Crippen LogP contribution in [0, 0.1) is 5.92 Å². The number of carbonyl (C=O) groups excluding carboxylic acids is 1. The molecule has 1 aromatic heterocycles. The first-order valence-electron chi connectivity index (χ1n) is 14.8. The van der Waals surface area contributed by atoms with Crippen molar-refractivity contribution < 1.29 is 19.4 Å². The lowest BCUT2D eigenvalue weighted by Crippen LogP contribution is -2.39. The molecule has 4 unspecified atom stereocenters. The summed E-state index contributed by atoms with van der Waals surface area (Å²) in [6, 6.07) is 33.1. The summed E-state index contributed by atoms with van der Waals surface area (Å²) in [5.74, 6) is -0.147. The first-order valence-corrected chi connectivity index (χ1v) is 15.5. The highest BCUT2D eigenvalue weighted by Crippen LogP contribution is 2.42. The lowest BCUT2D eigenvalue weighted by Gasteiger charge is -2.41. The smallest absolute Gasteiger partial charge is 0.251 e. The lowest BCUT2D eigenvalue weighted by molar-refractivity contribution is -0.276. The number of rotatable bonds is 9. The number of carbonyl (C=O) groups is 1. The van der Waals surface area contributed by atoms with Crippen LogP contribution in [0.2, 0.25) is 10.3 Å². The Kier molecular flexibility index (Phi) is 9.64. The van der Waals surface area contributed by atoms with E-state index >= 15 is 0 Å². The Bertz CT molecular complexity index is 1740. The molecule has 4 atom stereocenters. The van der Waals surface area contributed by atoms with Gasteiger partial charge in [0, 0.05) is 23.6 Å². The van der Waals surface area contributed by atoms with Crippen LogP contribution in [-0.2, 0) is 29.2 Å². The molecule has 1 saturated heterocycles. The van der Waals surface area contributed by atoms with Crippen LogP contribution in [0.1, 0.15) is 51.9 Å². The molecule has 4 aromatic carbocycles. The Hall–Kier alpha value is -3.98. The van der Waals surface area contributed by atoms with Crippen LogP contribution in [0.5, 0.6) is 0 Å². The van der Waals surface area contributed by atoms with Crippen LogP contribution in [0.3, 0.4) is 0 Å². The van der Waals surface area contributed by atoms with Gasteiger partial charge in [-0.05, 0) is 39.9 Å². The summed E-state index contributed by atoms with van der Waals surface area (Å²) in [4.78, 5) is 16.8. The van der Waals surface area contributed by atoms with Crippen LogP contribution >= 0.6 is 23.2 Å². The van der Waals surface area contributed by atoms with Gasteiger partial charge < -0.3 is 24.5 Å². The number of hydrogen-bond donors (Lipinski definition) is 2. The van der Waals surface area contributed by atoms with Gasteiger partial charge in [-0.25, -0.2) is 4.98 Å². The highest BCUT2D eigenvalue weighted by molar-refractivity contribution is 6.40. The zero-order chi connectivity index (χ0) is 31.3. The van der Waals surface area contributed by atoms with Gasteiger partial charge in [-0.1, -0.05) is 121 Å². The predicted octanol–water partition coefficient (Wildman–Crippen LogP) is 7.77. The fourth-order valence-electron chi connectivity index (χ4n) is 5.64. The summed E-state index contributed by atoms with van der Waals surface area (Å²) in [7, 11) is 0. The van der Waals surface area contributed by atoms with Crippen LogP contribution < -0.4 is 5.32 Å². The van der Waals surface area contributed by atoms with Gasteiger partial charge in [0.25, 0.3) is 5.91 Å². The molecule has 1 aliphatic rings. The number of nitrogens with zero attached hydrogens (tertiary/aromatic N) is 2. The van der Waals surface area contributed by atoms with Gasteiger partial charge in [-0.15, -0.1) is 0 Å². The van der Waals surface area contributed by atoms with E-state index in [1.54, 1.807) is 23.0 Å². The quantitative estimate of drug-likeness (QED) is 0.172. The van der Waals surface area contributed by atoms with Crippen molar-refractivity contribution in [3.05, 3.63) is 148 Å². The van der Waals surface area contributed by atoms with E-state index in [2.05, 4.69) is 23.3 Å². The van der Waals surface area contributed by atoms with E-state index in [4.69, 9.17) is 32.7 Å². The molecule has 7 nitrogen and oxygen atoms in total. The molecule has 6 rings (SSSR count). The molecule has 9 heteroatoms. The zero-order valence-corrected chi connectivity index (χ0v) is 26.2. The van der Waals surface area contributed by atoms with Crippen molar-refractivity contribution in [3.63, 3.8) is 0 Å². The fraction of sp³-hybridized carbons (Fsp3) is 0.222. The third kappa shape index (κ3) is 6.98. The number of aromatic nitrogens is 2. The molecule has 2 N–H and O–H groups in total. The highest BCUT2D eigenvalue weighted by atomic mass is 35.5. The number of halogens is 2. The molecule has 1 fully saturated rings. The second kappa shape index (κ2) is 14.0. The van der Waals surface area contributed by atoms with Gasteiger partial charge in [0.2, 0.25) is 0 Å². The summed E-state index contributed by atoms with van der Waals surface area (Å²) in [6.45, 7) is 2.92. The third-order valence-corrected chi connectivity index (χ3v) is 8.99. The van der Waals surface area contributed by atoms with Crippen molar-refractivity contribution in [2.45, 2.75) is 45.1 Å². The van der Waals surface area contributed by atoms with E-state index in [1.165, 1.54) is 0 Å². The van der Waals surface area contributed by atoms with E-state index in [9.17, 15) is 9.90 Å². The number of aliphatic hydroxyl groups is 1. The maximum Gasteiger partial charge on any atom is 0.251 e. The van der Waals surface area contributed by atoms with Crippen LogP contribution in [0.15, 0.2) is 109 Å². The lowest BCUT2D eigenvalue weighted by atomic mass is 9.90. The number of ether oxygens (including phenoxy) is 2. The summed E-state index contributed by atoms with van der Waals surface area (Å²) in [6.07, 6.45) is 0.446. The largest absolute Gasteiger partial charge is 0.392 e. The Labute approximate surface area is 272 Å². The van der Waals surface area contributed by atoms with Crippen molar-refractivity contribution in [1.29, 1.82) is 0 Å². The first-order chi connectivity index (χ1) is 21.9. The van der Waals surface area contributed by atoms with E-state index in [0.717, 1.165) is 33.4 Å². The van der Waals surface area contributed by atoms with Crippen LogP contribution in [0.25, 0.3) is 11.1 Å². The summed E-state index contributed by atoms with van der Waals surface area (Å²) >= 11 is 12.5. The normalized spacial score (nSPS) is 19.7. The minimum Gasteiger partial charge on any atom is -0.392 e. The zero-order valence-electron chi connectivity index (χ0n) is 24.6. The Morgan fingerprint density at radius 3 is 2.27 bits per heavy atom. The van der Waals surface area contributed by atoms with Crippen LogP contribution in [0.4, 0.5) is 0 Å². The van der Waals surface area contributed by atoms with E-state index in [1.807, 2.05) is 84.9 Å². The molecular formula is C36H33Cl2N3O4. The standard InChI is InChI=1S/C36H33Cl2N3O4/c1-23-31(20-41-22-40-33(37)34(41)38)44-36(45-32(23)26-13-11-24(21-42)12-14-26)28-17-15-25(16-18-28)30-10-6-5-9-29(30)19-39-35(43)27-7-3-2-4-8-27/h2-18,22-23,31-32,36,42H,19-21H2,1H3,(H,39,43). The summed E-state index contributed by atoms with van der Waals surface area (Å²) < 4.78 is 15.0. The molecule has 0 aliphatic carbocycles. The average molecular weight is 643 g/mol. The van der Waals surface area contributed by atoms with Crippen molar-refractivity contribution in [1.82, 2.24) is 14.9 Å². The van der Waals surface area contributed by atoms with Crippen molar-refractivity contribution in [2.24, 2.45) is 5.92 Å². The van der Waals surface area contributed by atoms with E-state index < -0.39 is 6.29 Å². The molecule has 0 bridgehead atoms. The molecule has 45 heavy (non-hydrogen) atoms. The molecule has 2 heterocycles. The summed E-state index contributed by atoms with van der Waals surface area (Å²) in [5.41, 5.74) is 6.38. The van der Waals surface area contributed by atoms with E-state index in [0.29, 0.717) is 23.8 Å². The van der Waals surface area contributed by atoms with Gasteiger partial charge in [0.15, 0.2) is 11.4 Å². The molecule has 5 aromatic rings. The Balaban J connectivity index is 1.24. The topological polar surface area (TPSA) is 85.6 Å². The van der Waals surface area contributed by atoms with Gasteiger partial charge in [-0.3, -0.25) is 4.79 Å². The molecular weight excluding hydrogens is 609 g/mol. The number of imidazole rings is 1. The first kappa shape index (κ1) is 31.0. The third-order valence-electron chi connectivity index (χ3n) is 8.22.